The van der Waals surface area contributed by atoms with Gasteiger partial charge in [-0.1, -0.05) is 11.6 Å². The van der Waals surface area contributed by atoms with Crippen molar-refractivity contribution in [1.29, 1.82) is 0 Å². The van der Waals surface area contributed by atoms with Crippen LogP contribution >= 0.6 is 11.6 Å². The average molecular weight is 388 g/mol. The summed E-state index contributed by atoms with van der Waals surface area (Å²) in [5, 5.41) is 8.82. The Morgan fingerprint density at radius 1 is 1.04 bits per heavy atom. The zero-order valence-electron chi connectivity index (χ0n) is 15.2. The molecule has 1 aliphatic carbocycles. The van der Waals surface area contributed by atoms with Crippen molar-refractivity contribution in [2.24, 2.45) is 0 Å². The van der Waals surface area contributed by atoms with Gasteiger partial charge in [-0.05, 0) is 69.2 Å². The summed E-state index contributed by atoms with van der Waals surface area (Å²) in [4.78, 5) is 24.1. The number of carbonyl (C=O) groups excluding carboxylic acids is 2. The number of urea groups is 1. The Morgan fingerprint density at radius 2 is 1.70 bits per heavy atom. The van der Waals surface area contributed by atoms with Gasteiger partial charge in [-0.3, -0.25) is 4.79 Å². The van der Waals surface area contributed by atoms with Gasteiger partial charge in [-0.2, -0.15) is 0 Å². The second-order valence-corrected chi connectivity index (χ2v) is 7.12. The quantitative estimate of drug-likeness (QED) is 0.674. The van der Waals surface area contributed by atoms with Crippen LogP contribution in [0.25, 0.3) is 0 Å². The van der Waals surface area contributed by atoms with Gasteiger partial charge in [0.25, 0.3) is 5.91 Å². The first-order chi connectivity index (χ1) is 12.9. The molecule has 0 aromatic heterocycles. The van der Waals surface area contributed by atoms with Gasteiger partial charge in [0.2, 0.25) is 0 Å². The van der Waals surface area contributed by atoms with Crippen LogP contribution in [0.4, 0.5) is 16.2 Å². The van der Waals surface area contributed by atoms with Gasteiger partial charge in [0.1, 0.15) is 5.75 Å². The average Bonchev–Trinajstić information content (AvgIpc) is 3.41. The molecule has 6 nitrogen and oxygen atoms in total. The van der Waals surface area contributed by atoms with E-state index in [-0.39, 0.29) is 18.0 Å². The standard InChI is InChI=1S/C20H22ClN3O3/c1-12(2)27-18-10-9-16(11-17(18)21)22-19(25)13-3-5-14(6-4-13)23-20(26)24-15-7-8-15/h3-6,9-12,15H,7-8H2,1-2H3,(H,22,25)(H2,23,24,26). The fourth-order valence-electron chi connectivity index (χ4n) is 2.42. The lowest BCUT2D eigenvalue weighted by molar-refractivity contribution is 0.102. The molecule has 1 aliphatic rings. The summed E-state index contributed by atoms with van der Waals surface area (Å²) in [6, 6.07) is 11.9. The fraction of sp³-hybridized carbons (Fsp3) is 0.300. The van der Waals surface area contributed by atoms with Gasteiger partial charge in [-0.25, -0.2) is 4.79 Å². The van der Waals surface area contributed by atoms with E-state index in [0.717, 1.165) is 12.8 Å². The molecular weight excluding hydrogens is 366 g/mol. The van der Waals surface area contributed by atoms with Crippen LogP contribution < -0.4 is 20.7 Å². The Morgan fingerprint density at radius 3 is 2.30 bits per heavy atom. The number of hydrogen-bond donors (Lipinski definition) is 3. The summed E-state index contributed by atoms with van der Waals surface area (Å²) in [5.41, 5.74) is 1.68. The maximum Gasteiger partial charge on any atom is 0.319 e. The van der Waals surface area contributed by atoms with Crippen LogP contribution in [-0.2, 0) is 0 Å². The molecule has 142 valence electrons. The highest BCUT2D eigenvalue weighted by Gasteiger charge is 2.23. The Hall–Kier alpha value is -2.73. The second kappa shape index (κ2) is 8.31. The minimum atomic E-state index is -0.266. The summed E-state index contributed by atoms with van der Waals surface area (Å²) >= 11 is 6.19. The van der Waals surface area contributed by atoms with Crippen LogP contribution in [0.5, 0.6) is 5.75 Å². The van der Waals surface area contributed by atoms with Gasteiger partial charge in [0.15, 0.2) is 0 Å². The molecule has 2 aromatic rings. The van der Waals surface area contributed by atoms with Gasteiger partial charge in [0, 0.05) is 23.0 Å². The predicted molar refractivity (Wildman–Crippen MR) is 107 cm³/mol. The Bertz CT molecular complexity index is 833. The van der Waals surface area contributed by atoms with E-state index < -0.39 is 0 Å². The molecule has 7 heteroatoms. The third-order valence-electron chi connectivity index (χ3n) is 3.87. The predicted octanol–water partition coefficient (Wildman–Crippen LogP) is 4.66. The van der Waals surface area contributed by atoms with Gasteiger partial charge >= 0.3 is 6.03 Å². The number of carbonyl (C=O) groups is 2. The zero-order chi connectivity index (χ0) is 19.4. The highest BCUT2D eigenvalue weighted by Crippen LogP contribution is 2.28. The van der Waals surface area contributed by atoms with Crippen molar-refractivity contribution < 1.29 is 14.3 Å². The topological polar surface area (TPSA) is 79.5 Å². The monoisotopic (exact) mass is 387 g/mol. The maximum absolute atomic E-state index is 12.4. The van der Waals surface area contributed by atoms with E-state index in [1.807, 2.05) is 13.8 Å². The Kier molecular flexibility index (Phi) is 5.86. The molecule has 0 saturated heterocycles. The third kappa shape index (κ3) is 5.62. The molecule has 3 amide bonds. The van der Waals surface area contributed by atoms with Crippen LogP contribution in [0.15, 0.2) is 42.5 Å². The van der Waals surface area contributed by atoms with Crippen molar-refractivity contribution in [1.82, 2.24) is 5.32 Å². The molecule has 2 aromatic carbocycles. The van der Waals surface area contributed by atoms with Crippen LogP contribution in [0.3, 0.4) is 0 Å². The Labute approximate surface area is 163 Å². The van der Waals surface area contributed by atoms with Crippen molar-refractivity contribution >= 4 is 34.9 Å². The number of nitrogens with one attached hydrogen (secondary N) is 3. The smallest absolute Gasteiger partial charge is 0.319 e. The van der Waals surface area contributed by atoms with E-state index in [1.54, 1.807) is 42.5 Å². The van der Waals surface area contributed by atoms with Crippen LogP contribution in [0.1, 0.15) is 37.0 Å². The summed E-state index contributed by atoms with van der Waals surface area (Å²) in [7, 11) is 0. The van der Waals surface area contributed by atoms with Crippen molar-refractivity contribution in [2.75, 3.05) is 10.6 Å². The number of amides is 3. The number of halogens is 1. The van der Waals surface area contributed by atoms with E-state index in [0.29, 0.717) is 33.8 Å². The summed E-state index contributed by atoms with van der Waals surface area (Å²) in [6.45, 7) is 3.83. The fourth-order valence-corrected chi connectivity index (χ4v) is 2.64. The molecule has 27 heavy (non-hydrogen) atoms. The number of rotatable bonds is 6. The molecule has 0 aliphatic heterocycles. The van der Waals surface area contributed by atoms with E-state index in [1.165, 1.54) is 0 Å². The number of ether oxygens (including phenoxy) is 1. The minimum absolute atomic E-state index is 0.0152. The molecule has 1 saturated carbocycles. The lowest BCUT2D eigenvalue weighted by atomic mass is 10.2. The molecule has 3 N–H and O–H groups in total. The van der Waals surface area contributed by atoms with Gasteiger partial charge in [-0.15, -0.1) is 0 Å². The summed E-state index contributed by atoms with van der Waals surface area (Å²) in [6.07, 6.45) is 2.07. The number of benzene rings is 2. The maximum atomic E-state index is 12.4. The van der Waals surface area contributed by atoms with Gasteiger partial charge in [0.05, 0.1) is 11.1 Å². The SMILES string of the molecule is CC(C)Oc1ccc(NC(=O)c2ccc(NC(=O)NC3CC3)cc2)cc1Cl. The molecule has 0 unspecified atom stereocenters. The second-order valence-electron chi connectivity index (χ2n) is 6.72. The van der Waals surface area contributed by atoms with Crippen LogP contribution in [-0.4, -0.2) is 24.1 Å². The van der Waals surface area contributed by atoms with Gasteiger partial charge < -0.3 is 20.7 Å². The molecule has 0 bridgehead atoms. The normalized spacial score (nSPS) is 13.2. The number of hydrogen-bond acceptors (Lipinski definition) is 3. The molecule has 0 heterocycles. The molecule has 3 rings (SSSR count). The molecule has 0 atom stereocenters. The zero-order valence-corrected chi connectivity index (χ0v) is 16.0. The van der Waals surface area contributed by atoms with Crippen LogP contribution in [0.2, 0.25) is 5.02 Å². The van der Waals surface area contributed by atoms with E-state index >= 15 is 0 Å². The minimum Gasteiger partial charge on any atom is -0.489 e. The summed E-state index contributed by atoms with van der Waals surface area (Å²) < 4.78 is 5.58. The highest BCUT2D eigenvalue weighted by molar-refractivity contribution is 6.32. The molecule has 0 radical (unpaired) electrons. The first kappa shape index (κ1) is 19.0. The summed E-state index contributed by atoms with van der Waals surface area (Å²) in [5.74, 6) is 0.308. The first-order valence-corrected chi connectivity index (χ1v) is 9.23. The number of anilines is 2. The van der Waals surface area contributed by atoms with E-state index in [2.05, 4.69) is 16.0 Å². The molecular formula is C20H22ClN3O3. The van der Waals surface area contributed by atoms with Crippen molar-refractivity contribution in [3.63, 3.8) is 0 Å². The highest BCUT2D eigenvalue weighted by atomic mass is 35.5. The molecule has 0 spiro atoms. The van der Waals surface area contributed by atoms with Crippen LogP contribution in [0, 0.1) is 0 Å². The lowest BCUT2D eigenvalue weighted by Crippen LogP contribution is -2.30. The van der Waals surface area contributed by atoms with Crippen molar-refractivity contribution in [2.45, 2.75) is 38.8 Å². The first-order valence-electron chi connectivity index (χ1n) is 8.86. The van der Waals surface area contributed by atoms with Crippen molar-refractivity contribution in [3.05, 3.63) is 53.1 Å². The van der Waals surface area contributed by atoms with E-state index in [9.17, 15) is 9.59 Å². The largest absolute Gasteiger partial charge is 0.489 e. The van der Waals surface area contributed by atoms with Crippen molar-refractivity contribution in [3.8, 4) is 5.75 Å². The third-order valence-corrected chi connectivity index (χ3v) is 4.17. The lowest BCUT2D eigenvalue weighted by Gasteiger charge is -2.13. The Balaban J connectivity index is 1.58. The molecule has 1 fully saturated rings. The van der Waals surface area contributed by atoms with E-state index in [4.69, 9.17) is 16.3 Å².